The molecule has 13 rings (SSSR count). The molecule has 65 heavy (non-hydrogen) atoms. The molecule has 0 radical (unpaired) electrons. The van der Waals surface area contributed by atoms with Crippen molar-refractivity contribution in [2.75, 3.05) is 4.90 Å². The number of hydrogen-bond acceptors (Lipinski definition) is 5. The zero-order valence-corrected chi connectivity index (χ0v) is 35.1. The fourth-order valence-electron chi connectivity index (χ4n) is 9.52. The van der Waals surface area contributed by atoms with Crippen molar-refractivity contribution < 1.29 is 0 Å². The Kier molecular flexibility index (Phi) is 8.46. The second kappa shape index (κ2) is 14.9. The smallest absolute Gasteiger partial charge is 0.0972 e. The second-order valence-electron chi connectivity index (χ2n) is 16.7. The summed E-state index contributed by atoms with van der Waals surface area (Å²) in [5.74, 6) is 0. The summed E-state index contributed by atoms with van der Waals surface area (Å²) in [5, 5.41) is 11.8. The molecule has 2 aromatic heterocycles. The molecule has 0 aliphatic rings. The minimum atomic E-state index is 0.835. The van der Waals surface area contributed by atoms with Crippen LogP contribution in [0.3, 0.4) is 0 Å². The van der Waals surface area contributed by atoms with Crippen molar-refractivity contribution in [2.45, 2.75) is 0 Å². The third kappa shape index (κ3) is 6.40. The molecule has 0 bridgehead atoms. The zero-order valence-electron chi connectivity index (χ0n) is 35.1. The lowest BCUT2D eigenvalue weighted by molar-refractivity contribution is 1.27. The Labute approximate surface area is 374 Å². The van der Waals surface area contributed by atoms with Crippen LogP contribution in [0.1, 0.15) is 0 Å². The fourth-order valence-corrected chi connectivity index (χ4v) is 9.52. The average molecular weight is 828 g/mol. The lowest BCUT2D eigenvalue weighted by Gasteiger charge is -2.26. The van der Waals surface area contributed by atoms with E-state index in [2.05, 4.69) is 205 Å². The summed E-state index contributed by atoms with van der Waals surface area (Å²) in [6, 6.07) is 75.7. The summed E-state index contributed by atoms with van der Waals surface area (Å²) in [6.45, 7) is 0. The van der Waals surface area contributed by atoms with Gasteiger partial charge in [0.25, 0.3) is 0 Å². The SMILES string of the molecule is c1ccc2cc(-c3ccc4c(ccc5cc(N(c6ccc(-c7cnc8ccc9ccccc9c8n7)cc6)c6ccc(-c7cnc8ccc9ccccc9c8n7)cc6)ccc54)c3)ccc2c1. The minimum absolute atomic E-state index is 0.835. The van der Waals surface area contributed by atoms with Gasteiger partial charge < -0.3 is 4.90 Å². The Hall–Kier alpha value is -8.80. The molecule has 0 N–H and O–H groups in total. The minimum Gasteiger partial charge on any atom is -0.310 e. The molecule has 2 heterocycles. The largest absolute Gasteiger partial charge is 0.310 e. The first-order valence-corrected chi connectivity index (χ1v) is 21.9. The normalized spacial score (nSPS) is 11.7. The Morgan fingerprint density at radius 1 is 0.277 bits per heavy atom. The standard InChI is InChI=1S/C60H37N5/c1-2-10-43-33-44(14-13-38(43)7-1)45-21-29-51-46(34-45)15-16-47-35-50(28-30-52(47)51)65(48-24-17-41(18-25-48)57-36-61-55-31-22-39-8-3-5-11-53(39)59(55)63-57)49-26-19-42(20-27-49)58-37-62-56-32-23-40-9-4-6-12-54(40)60(56)64-58/h1-37H. The summed E-state index contributed by atoms with van der Waals surface area (Å²) in [6.07, 6.45) is 3.75. The molecule has 0 spiro atoms. The zero-order chi connectivity index (χ0) is 42.8. The van der Waals surface area contributed by atoms with Crippen LogP contribution in [0.4, 0.5) is 17.1 Å². The molecule has 0 fully saturated rings. The van der Waals surface area contributed by atoms with Crippen molar-refractivity contribution in [3.8, 4) is 33.6 Å². The first-order chi connectivity index (χ1) is 32.2. The molecule has 0 unspecified atom stereocenters. The van der Waals surface area contributed by atoms with E-state index in [1.807, 2.05) is 24.5 Å². The van der Waals surface area contributed by atoms with Gasteiger partial charge in [-0.15, -0.1) is 0 Å². The Balaban J connectivity index is 0.895. The molecular weight excluding hydrogens is 791 g/mol. The predicted octanol–water partition coefficient (Wildman–Crippen LogP) is 15.8. The van der Waals surface area contributed by atoms with Gasteiger partial charge in [0, 0.05) is 39.0 Å². The molecule has 0 amide bonds. The van der Waals surface area contributed by atoms with Gasteiger partial charge in [-0.05, 0) is 115 Å². The van der Waals surface area contributed by atoms with Crippen LogP contribution in [0.25, 0.3) is 110 Å². The number of anilines is 3. The Morgan fingerprint density at radius 3 is 1.28 bits per heavy atom. The van der Waals surface area contributed by atoms with Crippen LogP contribution in [-0.2, 0) is 0 Å². The van der Waals surface area contributed by atoms with Crippen molar-refractivity contribution in [1.82, 2.24) is 19.9 Å². The molecule has 5 nitrogen and oxygen atoms in total. The van der Waals surface area contributed by atoms with Crippen molar-refractivity contribution >= 4 is 93.0 Å². The summed E-state index contributed by atoms with van der Waals surface area (Å²) < 4.78 is 0. The maximum atomic E-state index is 5.14. The van der Waals surface area contributed by atoms with E-state index in [4.69, 9.17) is 19.9 Å². The first kappa shape index (κ1) is 36.8. The molecule has 11 aromatic carbocycles. The number of benzene rings is 11. The number of rotatable bonds is 6. The van der Waals surface area contributed by atoms with E-state index in [-0.39, 0.29) is 0 Å². The average Bonchev–Trinajstić information content (AvgIpc) is 3.38. The van der Waals surface area contributed by atoms with E-state index in [0.717, 1.165) is 83.2 Å². The van der Waals surface area contributed by atoms with Crippen LogP contribution in [0.15, 0.2) is 225 Å². The van der Waals surface area contributed by atoms with Crippen molar-refractivity contribution in [3.63, 3.8) is 0 Å². The van der Waals surface area contributed by atoms with E-state index in [9.17, 15) is 0 Å². The molecule has 302 valence electrons. The van der Waals surface area contributed by atoms with E-state index < -0.39 is 0 Å². The van der Waals surface area contributed by atoms with E-state index in [0.29, 0.717) is 0 Å². The second-order valence-corrected chi connectivity index (χ2v) is 16.7. The molecule has 0 atom stereocenters. The quantitative estimate of drug-likeness (QED) is 0.156. The van der Waals surface area contributed by atoms with Gasteiger partial charge in [0.1, 0.15) is 0 Å². The van der Waals surface area contributed by atoms with Crippen LogP contribution in [0.2, 0.25) is 0 Å². The van der Waals surface area contributed by atoms with Gasteiger partial charge in [-0.3, -0.25) is 9.97 Å². The highest BCUT2D eigenvalue weighted by Crippen LogP contribution is 2.40. The highest BCUT2D eigenvalue weighted by molar-refractivity contribution is 6.10. The van der Waals surface area contributed by atoms with Gasteiger partial charge >= 0.3 is 0 Å². The van der Waals surface area contributed by atoms with E-state index in [1.54, 1.807) is 0 Å². The molecule has 0 saturated heterocycles. The lowest BCUT2D eigenvalue weighted by Crippen LogP contribution is -2.10. The van der Waals surface area contributed by atoms with Gasteiger partial charge in [-0.2, -0.15) is 0 Å². The third-order valence-electron chi connectivity index (χ3n) is 12.9. The summed E-state index contributed by atoms with van der Waals surface area (Å²) >= 11 is 0. The topological polar surface area (TPSA) is 54.8 Å². The highest BCUT2D eigenvalue weighted by atomic mass is 15.1. The molecule has 0 aliphatic heterocycles. The van der Waals surface area contributed by atoms with Crippen molar-refractivity contribution in [1.29, 1.82) is 0 Å². The summed E-state index contributed by atoms with van der Waals surface area (Å²) in [4.78, 5) is 22.3. The maximum absolute atomic E-state index is 5.14. The van der Waals surface area contributed by atoms with Crippen molar-refractivity contribution in [2.24, 2.45) is 0 Å². The number of fused-ring (bicyclic) bond motifs is 10. The van der Waals surface area contributed by atoms with Crippen LogP contribution in [0.5, 0.6) is 0 Å². The van der Waals surface area contributed by atoms with Gasteiger partial charge in [0.2, 0.25) is 0 Å². The van der Waals surface area contributed by atoms with Gasteiger partial charge in [-0.25, -0.2) is 9.97 Å². The maximum Gasteiger partial charge on any atom is 0.0972 e. The monoisotopic (exact) mass is 827 g/mol. The highest BCUT2D eigenvalue weighted by Gasteiger charge is 2.17. The molecule has 0 aliphatic carbocycles. The van der Waals surface area contributed by atoms with Gasteiger partial charge in [0.05, 0.1) is 45.8 Å². The molecule has 5 heteroatoms. The number of aromatic nitrogens is 4. The van der Waals surface area contributed by atoms with Gasteiger partial charge in [0.15, 0.2) is 0 Å². The van der Waals surface area contributed by atoms with Crippen LogP contribution in [0, 0.1) is 0 Å². The predicted molar refractivity (Wildman–Crippen MR) is 271 cm³/mol. The molecule has 13 aromatic rings. The Bertz CT molecular complexity index is 3850. The summed E-state index contributed by atoms with van der Waals surface area (Å²) in [5.41, 5.74) is 12.8. The van der Waals surface area contributed by atoms with Crippen LogP contribution in [-0.4, -0.2) is 19.9 Å². The van der Waals surface area contributed by atoms with Crippen LogP contribution < -0.4 is 4.90 Å². The van der Waals surface area contributed by atoms with E-state index >= 15 is 0 Å². The molecular formula is C60H37N5. The number of hydrogen-bond donors (Lipinski definition) is 0. The summed E-state index contributed by atoms with van der Waals surface area (Å²) in [7, 11) is 0. The van der Waals surface area contributed by atoms with Crippen molar-refractivity contribution in [3.05, 3.63) is 225 Å². The van der Waals surface area contributed by atoms with Crippen LogP contribution >= 0.6 is 0 Å². The fraction of sp³-hybridized carbons (Fsp3) is 0. The Morgan fingerprint density at radius 2 is 0.692 bits per heavy atom. The number of nitrogens with zero attached hydrogens (tertiary/aromatic N) is 5. The third-order valence-corrected chi connectivity index (χ3v) is 12.9. The lowest BCUT2D eigenvalue weighted by atomic mass is 9.96. The van der Waals surface area contributed by atoms with Gasteiger partial charge in [-0.1, -0.05) is 152 Å². The first-order valence-electron chi connectivity index (χ1n) is 21.9. The molecule has 0 saturated carbocycles. The van der Waals surface area contributed by atoms with E-state index in [1.165, 1.54) is 43.4 Å².